The fourth-order valence-electron chi connectivity index (χ4n) is 2.71. The van der Waals surface area contributed by atoms with E-state index in [1.54, 1.807) is 18.7 Å². The van der Waals surface area contributed by atoms with Gasteiger partial charge in [0.05, 0.1) is 11.4 Å². The number of sulfonamides is 1. The molecule has 22 heavy (non-hydrogen) atoms. The number of carbonyl (C=O) groups excluding carboxylic acids is 1. The Morgan fingerprint density at radius 2 is 1.82 bits per heavy atom. The third-order valence-electron chi connectivity index (χ3n) is 3.83. The molecule has 2 heterocycles. The van der Waals surface area contributed by atoms with Gasteiger partial charge in [-0.15, -0.1) is 0 Å². The van der Waals surface area contributed by atoms with E-state index in [0.29, 0.717) is 49.9 Å². The molecule has 0 bridgehead atoms. The first-order chi connectivity index (χ1) is 10.2. The summed E-state index contributed by atoms with van der Waals surface area (Å²) in [4.78, 5) is 14.1. The minimum absolute atomic E-state index is 0.0997. The van der Waals surface area contributed by atoms with Crippen LogP contribution in [-0.2, 0) is 14.8 Å². The maximum absolute atomic E-state index is 12.7. The van der Waals surface area contributed by atoms with Crippen LogP contribution in [0.1, 0.15) is 31.7 Å². The molecule has 7 nitrogen and oxygen atoms in total. The molecule has 0 atom stereocenters. The minimum Gasteiger partial charge on any atom is -0.340 e. The van der Waals surface area contributed by atoms with Crippen LogP contribution in [0.3, 0.4) is 0 Å². The Bertz CT molecular complexity index is 624. The zero-order chi connectivity index (χ0) is 16.5. The van der Waals surface area contributed by atoms with E-state index in [1.165, 1.54) is 4.31 Å². The summed E-state index contributed by atoms with van der Waals surface area (Å²) < 4.78 is 26.9. The van der Waals surface area contributed by atoms with Gasteiger partial charge in [-0.05, 0) is 19.8 Å². The number of aryl methyl sites for hydroxylation is 2. The van der Waals surface area contributed by atoms with Crippen molar-refractivity contribution in [1.82, 2.24) is 19.4 Å². The van der Waals surface area contributed by atoms with E-state index in [-0.39, 0.29) is 10.8 Å². The van der Waals surface area contributed by atoms with E-state index >= 15 is 0 Å². The van der Waals surface area contributed by atoms with Crippen LogP contribution < -0.4 is 0 Å². The average Bonchev–Trinajstić information content (AvgIpc) is 2.78. The molecule has 1 aromatic heterocycles. The van der Waals surface area contributed by atoms with Gasteiger partial charge in [0.1, 0.15) is 4.90 Å². The highest BCUT2D eigenvalue weighted by Crippen LogP contribution is 2.23. The number of hydrogen-bond acceptors (Lipinski definition) is 4. The molecule has 1 aliphatic rings. The van der Waals surface area contributed by atoms with Gasteiger partial charge in [-0.1, -0.05) is 13.8 Å². The van der Waals surface area contributed by atoms with Gasteiger partial charge in [-0.25, -0.2) is 8.42 Å². The number of nitrogens with one attached hydrogen (secondary N) is 1. The van der Waals surface area contributed by atoms with Gasteiger partial charge in [0.2, 0.25) is 15.9 Å². The Morgan fingerprint density at radius 1 is 1.23 bits per heavy atom. The van der Waals surface area contributed by atoms with Crippen LogP contribution in [0.2, 0.25) is 0 Å². The predicted molar refractivity (Wildman–Crippen MR) is 82.9 cm³/mol. The number of hydrogen-bond donors (Lipinski definition) is 1. The van der Waals surface area contributed by atoms with Gasteiger partial charge in [0.25, 0.3) is 0 Å². The number of nitrogens with zero attached hydrogens (tertiary/aromatic N) is 3. The van der Waals surface area contributed by atoms with Crippen molar-refractivity contribution in [1.29, 1.82) is 0 Å². The van der Waals surface area contributed by atoms with E-state index in [0.717, 1.165) is 0 Å². The third-order valence-corrected chi connectivity index (χ3v) is 6.00. The standard InChI is InChI=1S/C14H24N4O3S/c1-10(2)9-13(19)17-5-7-18(8-6-17)22(20,21)14-11(3)15-16-12(14)4/h10H,5-9H2,1-4H3,(H,15,16). The molecule has 0 spiro atoms. The van der Waals surface area contributed by atoms with Gasteiger partial charge in [-0.2, -0.15) is 9.40 Å². The molecule has 1 aromatic rings. The SMILES string of the molecule is Cc1n[nH]c(C)c1S(=O)(=O)N1CCN(C(=O)CC(C)C)CC1. The lowest BCUT2D eigenvalue weighted by Crippen LogP contribution is -2.50. The molecule has 8 heteroatoms. The molecule has 0 saturated carbocycles. The van der Waals surface area contributed by atoms with E-state index in [9.17, 15) is 13.2 Å². The number of carbonyl (C=O) groups is 1. The topological polar surface area (TPSA) is 86.4 Å². The Morgan fingerprint density at radius 3 is 2.27 bits per heavy atom. The largest absolute Gasteiger partial charge is 0.340 e. The molecule has 0 unspecified atom stereocenters. The molecule has 1 aliphatic heterocycles. The number of piperazine rings is 1. The van der Waals surface area contributed by atoms with Gasteiger partial charge < -0.3 is 4.90 Å². The smallest absolute Gasteiger partial charge is 0.246 e. The molecule has 1 fully saturated rings. The summed E-state index contributed by atoms with van der Waals surface area (Å²) in [5.41, 5.74) is 1.03. The van der Waals surface area contributed by atoms with Crippen LogP contribution in [0.25, 0.3) is 0 Å². The number of H-pyrrole nitrogens is 1. The van der Waals surface area contributed by atoms with Crippen molar-refractivity contribution in [3.63, 3.8) is 0 Å². The van der Waals surface area contributed by atoms with Gasteiger partial charge in [-0.3, -0.25) is 9.89 Å². The van der Waals surface area contributed by atoms with Crippen molar-refractivity contribution in [2.24, 2.45) is 5.92 Å². The molecule has 1 saturated heterocycles. The molecule has 124 valence electrons. The van der Waals surface area contributed by atoms with Gasteiger partial charge in [0.15, 0.2) is 0 Å². The van der Waals surface area contributed by atoms with Crippen LogP contribution in [0.4, 0.5) is 0 Å². The fraction of sp³-hybridized carbons (Fsp3) is 0.714. The molecule has 1 N–H and O–H groups in total. The lowest BCUT2D eigenvalue weighted by atomic mass is 10.1. The first kappa shape index (κ1) is 17.0. The maximum atomic E-state index is 12.7. The Balaban J connectivity index is 2.07. The number of amides is 1. The van der Waals surface area contributed by atoms with Crippen LogP contribution >= 0.6 is 0 Å². The summed E-state index contributed by atoms with van der Waals surface area (Å²) in [5.74, 6) is 0.410. The van der Waals surface area contributed by atoms with Crippen LogP contribution in [-0.4, -0.2) is 59.9 Å². The minimum atomic E-state index is -3.55. The third kappa shape index (κ3) is 3.33. The summed E-state index contributed by atoms with van der Waals surface area (Å²) in [5, 5.41) is 6.67. The van der Waals surface area contributed by atoms with Crippen LogP contribution in [0, 0.1) is 19.8 Å². The van der Waals surface area contributed by atoms with Crippen molar-refractivity contribution >= 4 is 15.9 Å². The predicted octanol–water partition coefficient (Wildman–Crippen LogP) is 0.906. The first-order valence-electron chi connectivity index (χ1n) is 7.53. The zero-order valence-electron chi connectivity index (χ0n) is 13.6. The molecule has 2 rings (SSSR count). The lowest BCUT2D eigenvalue weighted by molar-refractivity contribution is -0.133. The number of aromatic amines is 1. The van der Waals surface area contributed by atoms with E-state index < -0.39 is 10.0 Å². The molecular weight excluding hydrogens is 304 g/mol. The van der Waals surface area contributed by atoms with Crippen LogP contribution in [0.15, 0.2) is 4.90 Å². The second-order valence-corrected chi connectivity index (χ2v) is 8.02. The normalized spacial score (nSPS) is 17.2. The van der Waals surface area contributed by atoms with Crippen molar-refractivity contribution in [2.45, 2.75) is 39.0 Å². The van der Waals surface area contributed by atoms with Crippen molar-refractivity contribution in [3.05, 3.63) is 11.4 Å². The van der Waals surface area contributed by atoms with Crippen molar-refractivity contribution in [3.8, 4) is 0 Å². The molecule has 0 radical (unpaired) electrons. The fourth-order valence-corrected chi connectivity index (χ4v) is 4.46. The average molecular weight is 328 g/mol. The highest BCUT2D eigenvalue weighted by atomic mass is 32.2. The van der Waals surface area contributed by atoms with E-state index in [4.69, 9.17) is 0 Å². The molecular formula is C14H24N4O3S. The quantitative estimate of drug-likeness (QED) is 0.890. The number of rotatable bonds is 4. The monoisotopic (exact) mass is 328 g/mol. The van der Waals surface area contributed by atoms with E-state index in [2.05, 4.69) is 10.2 Å². The molecule has 0 aliphatic carbocycles. The van der Waals surface area contributed by atoms with Gasteiger partial charge in [0, 0.05) is 32.6 Å². The maximum Gasteiger partial charge on any atom is 0.246 e. The Labute approximate surface area is 131 Å². The van der Waals surface area contributed by atoms with Gasteiger partial charge >= 0.3 is 0 Å². The second-order valence-electron chi connectivity index (χ2n) is 6.15. The first-order valence-corrected chi connectivity index (χ1v) is 8.97. The Kier molecular flexibility index (Phi) is 4.91. The van der Waals surface area contributed by atoms with Crippen molar-refractivity contribution < 1.29 is 13.2 Å². The highest BCUT2D eigenvalue weighted by molar-refractivity contribution is 7.89. The zero-order valence-corrected chi connectivity index (χ0v) is 14.4. The molecule has 0 aromatic carbocycles. The summed E-state index contributed by atoms with van der Waals surface area (Å²) in [6.45, 7) is 8.94. The summed E-state index contributed by atoms with van der Waals surface area (Å²) in [7, 11) is -3.55. The molecule has 1 amide bonds. The second kappa shape index (κ2) is 6.37. The summed E-state index contributed by atoms with van der Waals surface area (Å²) in [6.07, 6.45) is 0.507. The van der Waals surface area contributed by atoms with Crippen LogP contribution in [0.5, 0.6) is 0 Å². The summed E-state index contributed by atoms with van der Waals surface area (Å²) >= 11 is 0. The number of aromatic nitrogens is 2. The Hall–Kier alpha value is -1.41. The summed E-state index contributed by atoms with van der Waals surface area (Å²) in [6, 6.07) is 0. The lowest BCUT2D eigenvalue weighted by Gasteiger charge is -2.34. The highest BCUT2D eigenvalue weighted by Gasteiger charge is 2.33. The van der Waals surface area contributed by atoms with Crippen molar-refractivity contribution in [2.75, 3.05) is 26.2 Å². The van der Waals surface area contributed by atoms with E-state index in [1.807, 2.05) is 13.8 Å².